The Balaban J connectivity index is 2.10. The largest absolute Gasteiger partial charge is 0.375 e. The van der Waals surface area contributed by atoms with E-state index in [0.29, 0.717) is 17.4 Å². The molecule has 0 fully saturated rings. The normalized spacial score (nSPS) is 11.7. The smallest absolute Gasteiger partial charge is 0.182 e. The molecule has 20 heavy (non-hydrogen) atoms. The van der Waals surface area contributed by atoms with Gasteiger partial charge in [-0.2, -0.15) is 5.26 Å². The number of hydrogen-bond donors (Lipinski definition) is 1. The van der Waals surface area contributed by atoms with Crippen molar-refractivity contribution in [2.45, 2.75) is 6.10 Å². The zero-order valence-electron chi connectivity index (χ0n) is 10.9. The third-order valence-corrected chi connectivity index (χ3v) is 3.00. The molecule has 1 aromatic heterocycles. The maximum absolute atomic E-state index is 8.95. The number of hydrogen-bond acceptors (Lipinski definition) is 5. The van der Waals surface area contributed by atoms with Crippen LogP contribution in [0.1, 0.15) is 17.4 Å². The van der Waals surface area contributed by atoms with Crippen LogP contribution in [-0.4, -0.2) is 23.6 Å². The second-order valence-electron chi connectivity index (χ2n) is 4.03. The molecular formula is C14H13ClN4O. The SMILES string of the molecule is CO[C@H](CNc1nccnc1C#N)c1cccc(Cl)c1. The topological polar surface area (TPSA) is 70.8 Å². The van der Waals surface area contributed by atoms with Crippen LogP contribution in [0.5, 0.6) is 0 Å². The minimum Gasteiger partial charge on any atom is -0.375 e. The van der Waals surface area contributed by atoms with Gasteiger partial charge < -0.3 is 10.1 Å². The van der Waals surface area contributed by atoms with Crippen molar-refractivity contribution in [3.63, 3.8) is 0 Å². The molecule has 0 unspecified atom stereocenters. The van der Waals surface area contributed by atoms with Crippen molar-refractivity contribution in [2.24, 2.45) is 0 Å². The summed E-state index contributed by atoms with van der Waals surface area (Å²) in [7, 11) is 1.62. The minimum absolute atomic E-state index is 0.192. The molecule has 0 saturated carbocycles. The highest BCUT2D eigenvalue weighted by Crippen LogP contribution is 2.21. The fraction of sp³-hybridized carbons (Fsp3) is 0.214. The van der Waals surface area contributed by atoms with Crippen LogP contribution in [0.4, 0.5) is 5.82 Å². The van der Waals surface area contributed by atoms with Gasteiger partial charge in [0.05, 0.1) is 6.10 Å². The van der Waals surface area contributed by atoms with Crippen molar-refractivity contribution in [1.29, 1.82) is 5.26 Å². The summed E-state index contributed by atoms with van der Waals surface area (Å²) in [5, 5.41) is 12.7. The molecule has 5 nitrogen and oxygen atoms in total. The first kappa shape index (κ1) is 14.3. The second-order valence-corrected chi connectivity index (χ2v) is 4.46. The lowest BCUT2D eigenvalue weighted by atomic mass is 10.1. The van der Waals surface area contributed by atoms with E-state index in [-0.39, 0.29) is 11.8 Å². The second kappa shape index (κ2) is 6.85. The van der Waals surface area contributed by atoms with Crippen molar-refractivity contribution in [3.8, 4) is 6.07 Å². The Morgan fingerprint density at radius 1 is 1.40 bits per heavy atom. The number of rotatable bonds is 5. The number of nitrogens with zero attached hydrogens (tertiary/aromatic N) is 3. The lowest BCUT2D eigenvalue weighted by Crippen LogP contribution is -2.16. The highest BCUT2D eigenvalue weighted by atomic mass is 35.5. The number of halogens is 1. The molecule has 1 N–H and O–H groups in total. The van der Waals surface area contributed by atoms with Crippen LogP contribution in [0.25, 0.3) is 0 Å². The number of ether oxygens (including phenoxy) is 1. The molecule has 102 valence electrons. The van der Waals surface area contributed by atoms with Crippen molar-refractivity contribution < 1.29 is 4.74 Å². The molecule has 0 aliphatic heterocycles. The first-order chi connectivity index (χ1) is 9.74. The highest BCUT2D eigenvalue weighted by Gasteiger charge is 2.12. The van der Waals surface area contributed by atoms with E-state index in [9.17, 15) is 0 Å². The van der Waals surface area contributed by atoms with Crippen LogP contribution in [0, 0.1) is 11.3 Å². The van der Waals surface area contributed by atoms with Gasteiger partial charge >= 0.3 is 0 Å². The van der Waals surface area contributed by atoms with Gasteiger partial charge in [-0.25, -0.2) is 9.97 Å². The third-order valence-electron chi connectivity index (χ3n) is 2.76. The van der Waals surface area contributed by atoms with Gasteiger partial charge in [0.25, 0.3) is 0 Å². The molecule has 6 heteroatoms. The average Bonchev–Trinajstić information content (AvgIpc) is 2.48. The van der Waals surface area contributed by atoms with Gasteiger partial charge in [-0.15, -0.1) is 0 Å². The molecule has 0 aliphatic carbocycles. The summed E-state index contributed by atoms with van der Waals surface area (Å²) in [4.78, 5) is 8.03. The standard InChI is InChI=1S/C14H13ClN4O/c1-20-13(10-3-2-4-11(15)7-10)9-19-14-12(8-16)17-5-6-18-14/h2-7,13H,9H2,1H3,(H,18,19)/t13-/m1/s1. The van der Waals surface area contributed by atoms with Crippen LogP contribution >= 0.6 is 11.6 Å². The maximum atomic E-state index is 8.95. The predicted octanol–water partition coefficient (Wildman–Crippen LogP) is 2.80. The molecule has 2 aromatic rings. The quantitative estimate of drug-likeness (QED) is 0.916. The first-order valence-corrected chi connectivity index (χ1v) is 6.35. The lowest BCUT2D eigenvalue weighted by Gasteiger charge is -2.17. The Labute approximate surface area is 122 Å². The summed E-state index contributed by atoms with van der Waals surface area (Å²) in [5.41, 5.74) is 1.21. The molecule has 1 atom stereocenters. The fourth-order valence-corrected chi connectivity index (χ4v) is 1.98. The molecule has 1 heterocycles. The molecule has 0 spiro atoms. The van der Waals surface area contributed by atoms with Gasteiger partial charge in [0.1, 0.15) is 6.07 Å². The number of benzene rings is 1. The summed E-state index contributed by atoms with van der Waals surface area (Å²) >= 11 is 5.97. The first-order valence-electron chi connectivity index (χ1n) is 5.98. The van der Waals surface area contributed by atoms with Gasteiger partial charge in [-0.3, -0.25) is 0 Å². The van der Waals surface area contributed by atoms with Crippen molar-refractivity contribution in [2.75, 3.05) is 19.0 Å². The number of aromatic nitrogens is 2. The fourth-order valence-electron chi connectivity index (χ4n) is 1.78. The molecule has 0 radical (unpaired) electrons. The van der Waals surface area contributed by atoms with Gasteiger partial charge in [-0.1, -0.05) is 23.7 Å². The van der Waals surface area contributed by atoms with Crippen LogP contribution in [0.2, 0.25) is 5.02 Å². The van der Waals surface area contributed by atoms with E-state index in [1.54, 1.807) is 7.11 Å². The van der Waals surface area contributed by atoms with E-state index in [4.69, 9.17) is 21.6 Å². The predicted molar refractivity (Wildman–Crippen MR) is 76.4 cm³/mol. The summed E-state index contributed by atoms with van der Waals surface area (Å²) in [6, 6.07) is 9.44. The van der Waals surface area contributed by atoms with Crippen LogP contribution < -0.4 is 5.32 Å². The highest BCUT2D eigenvalue weighted by molar-refractivity contribution is 6.30. The van der Waals surface area contributed by atoms with Gasteiger partial charge in [0.15, 0.2) is 11.5 Å². The summed E-state index contributed by atoms with van der Waals surface area (Å²) in [5.74, 6) is 0.444. The summed E-state index contributed by atoms with van der Waals surface area (Å²) in [6.45, 7) is 0.463. The molecule has 0 saturated heterocycles. The number of anilines is 1. The Hall–Kier alpha value is -2.16. The van der Waals surface area contributed by atoms with Crippen molar-refractivity contribution in [3.05, 3.63) is 52.9 Å². The van der Waals surface area contributed by atoms with Crippen LogP contribution in [0.3, 0.4) is 0 Å². The maximum Gasteiger partial charge on any atom is 0.182 e. The zero-order valence-corrected chi connectivity index (χ0v) is 11.6. The Bertz CT molecular complexity index is 627. The van der Waals surface area contributed by atoms with Crippen LogP contribution in [-0.2, 0) is 4.74 Å². The lowest BCUT2D eigenvalue weighted by molar-refractivity contribution is 0.114. The molecule has 1 aromatic carbocycles. The van der Waals surface area contributed by atoms with E-state index in [2.05, 4.69) is 15.3 Å². The monoisotopic (exact) mass is 288 g/mol. The van der Waals surface area contributed by atoms with Crippen molar-refractivity contribution >= 4 is 17.4 Å². The Kier molecular flexibility index (Phi) is 4.88. The molecule has 2 rings (SSSR count). The minimum atomic E-state index is -0.192. The van der Waals surface area contributed by atoms with Gasteiger partial charge in [0, 0.05) is 31.1 Å². The zero-order chi connectivity index (χ0) is 14.4. The summed E-state index contributed by atoms with van der Waals surface area (Å²) < 4.78 is 5.43. The number of nitrogens with one attached hydrogen (secondary N) is 1. The Morgan fingerprint density at radius 3 is 2.90 bits per heavy atom. The Morgan fingerprint density at radius 2 is 2.20 bits per heavy atom. The third kappa shape index (κ3) is 3.44. The average molecular weight is 289 g/mol. The van der Waals surface area contributed by atoms with E-state index < -0.39 is 0 Å². The van der Waals surface area contributed by atoms with Gasteiger partial charge in [0.2, 0.25) is 0 Å². The van der Waals surface area contributed by atoms with Crippen LogP contribution in [0.15, 0.2) is 36.7 Å². The molecular weight excluding hydrogens is 276 g/mol. The van der Waals surface area contributed by atoms with Gasteiger partial charge in [-0.05, 0) is 17.7 Å². The molecule has 0 bridgehead atoms. The summed E-state index contributed by atoms with van der Waals surface area (Å²) in [6.07, 6.45) is 2.82. The molecule has 0 amide bonds. The molecule has 0 aliphatic rings. The van der Waals surface area contributed by atoms with E-state index in [1.807, 2.05) is 30.3 Å². The van der Waals surface area contributed by atoms with Crippen molar-refractivity contribution in [1.82, 2.24) is 9.97 Å². The van der Waals surface area contributed by atoms with E-state index in [0.717, 1.165) is 5.56 Å². The number of methoxy groups -OCH3 is 1. The van der Waals surface area contributed by atoms with E-state index in [1.165, 1.54) is 12.4 Å². The number of nitriles is 1. The van der Waals surface area contributed by atoms with E-state index >= 15 is 0 Å².